The lowest BCUT2D eigenvalue weighted by Crippen LogP contribution is -2.31. The summed E-state index contributed by atoms with van der Waals surface area (Å²) in [6.45, 7) is 4.69. The first-order valence-corrected chi connectivity index (χ1v) is 9.88. The first-order valence-electron chi connectivity index (χ1n) is 9.88. The van der Waals surface area contributed by atoms with E-state index in [4.69, 9.17) is 9.47 Å². The van der Waals surface area contributed by atoms with Crippen LogP contribution in [0.2, 0.25) is 0 Å². The van der Waals surface area contributed by atoms with E-state index in [2.05, 4.69) is 0 Å². The molecule has 2 aromatic carbocycles. The zero-order chi connectivity index (χ0) is 21.8. The monoisotopic (exact) mass is 409 g/mol. The number of aliphatic hydroxyl groups excluding tert-OH is 1. The Balaban J connectivity index is 2.18. The van der Waals surface area contributed by atoms with Gasteiger partial charge < -0.3 is 19.5 Å². The molecule has 0 bridgehead atoms. The molecule has 0 aromatic heterocycles. The number of ether oxygens (including phenoxy) is 2. The molecular formula is C24H27NO5. The van der Waals surface area contributed by atoms with Gasteiger partial charge in [-0.3, -0.25) is 9.59 Å². The number of ketones is 1. The number of nitrogens with zero attached hydrogens (tertiary/aromatic N) is 1. The molecule has 0 radical (unpaired) electrons. The molecule has 6 heteroatoms. The number of Topliss-reactive ketones (excluding diaryl/α,β-unsaturated/α-hetero) is 1. The van der Waals surface area contributed by atoms with Gasteiger partial charge in [0, 0.05) is 31.4 Å². The zero-order valence-corrected chi connectivity index (χ0v) is 17.8. The van der Waals surface area contributed by atoms with Gasteiger partial charge in [-0.15, -0.1) is 0 Å². The first kappa shape index (κ1) is 21.6. The van der Waals surface area contributed by atoms with Crippen LogP contribution >= 0.6 is 0 Å². The Morgan fingerprint density at radius 3 is 2.47 bits per heavy atom. The number of para-hydroxylation sites is 1. The number of hydrogen-bond acceptors (Lipinski definition) is 5. The Hall–Kier alpha value is -3.12. The smallest absolute Gasteiger partial charge is 0.295 e. The number of aryl methyl sites for hydroxylation is 2. The molecule has 1 fully saturated rings. The van der Waals surface area contributed by atoms with Crippen molar-refractivity contribution in [3.8, 4) is 5.75 Å². The summed E-state index contributed by atoms with van der Waals surface area (Å²) in [5.41, 5.74) is 3.30. The third-order valence-electron chi connectivity index (χ3n) is 5.50. The van der Waals surface area contributed by atoms with Crippen LogP contribution in [-0.2, 0) is 14.3 Å². The molecule has 158 valence electrons. The molecule has 0 aliphatic carbocycles. The molecule has 1 amide bonds. The van der Waals surface area contributed by atoms with Gasteiger partial charge in [0.2, 0.25) is 0 Å². The molecule has 2 aromatic rings. The summed E-state index contributed by atoms with van der Waals surface area (Å²) in [4.78, 5) is 27.4. The molecule has 1 N–H and O–H groups in total. The molecule has 1 aliphatic heterocycles. The number of hydrogen-bond donors (Lipinski definition) is 1. The minimum absolute atomic E-state index is 0.0742. The van der Waals surface area contributed by atoms with Crippen molar-refractivity contribution < 1.29 is 24.2 Å². The van der Waals surface area contributed by atoms with E-state index < -0.39 is 17.7 Å². The summed E-state index contributed by atoms with van der Waals surface area (Å²) in [6.07, 6.45) is 0.568. The van der Waals surface area contributed by atoms with Gasteiger partial charge >= 0.3 is 0 Å². The number of benzene rings is 2. The van der Waals surface area contributed by atoms with Crippen molar-refractivity contribution in [3.05, 3.63) is 70.3 Å². The van der Waals surface area contributed by atoms with Crippen molar-refractivity contribution in [2.45, 2.75) is 26.3 Å². The average Bonchev–Trinajstić information content (AvgIpc) is 3.00. The van der Waals surface area contributed by atoms with Gasteiger partial charge in [-0.25, -0.2) is 0 Å². The number of carbonyl (C=O) groups excluding carboxylic acids is 2. The SMILES string of the molecule is COCCCN1C(=O)C(=O)/C(=C(/O)c2ccc(C)c(C)c2)C1c1ccccc1OC. The molecule has 1 aliphatic rings. The predicted molar refractivity (Wildman–Crippen MR) is 114 cm³/mol. The topological polar surface area (TPSA) is 76.1 Å². The number of carbonyl (C=O) groups is 2. The zero-order valence-electron chi connectivity index (χ0n) is 17.8. The third kappa shape index (κ3) is 3.96. The highest BCUT2D eigenvalue weighted by atomic mass is 16.5. The third-order valence-corrected chi connectivity index (χ3v) is 5.50. The molecular weight excluding hydrogens is 382 g/mol. The molecule has 1 atom stereocenters. The average molecular weight is 409 g/mol. The van der Waals surface area contributed by atoms with Crippen molar-refractivity contribution >= 4 is 17.4 Å². The summed E-state index contributed by atoms with van der Waals surface area (Å²) in [5, 5.41) is 11.1. The number of likely N-dealkylation sites (tertiary alicyclic amines) is 1. The minimum atomic E-state index is -0.736. The van der Waals surface area contributed by atoms with Crippen LogP contribution in [0.4, 0.5) is 0 Å². The number of methoxy groups -OCH3 is 2. The molecule has 1 unspecified atom stereocenters. The van der Waals surface area contributed by atoms with E-state index in [0.717, 1.165) is 11.1 Å². The van der Waals surface area contributed by atoms with E-state index in [0.29, 0.717) is 36.4 Å². The molecule has 1 heterocycles. The predicted octanol–water partition coefficient (Wildman–Crippen LogP) is 3.77. The number of aliphatic hydroxyl groups is 1. The van der Waals surface area contributed by atoms with Gasteiger partial charge in [0.1, 0.15) is 11.5 Å². The van der Waals surface area contributed by atoms with E-state index in [1.165, 1.54) is 4.90 Å². The second-order valence-corrected chi connectivity index (χ2v) is 7.38. The van der Waals surface area contributed by atoms with Gasteiger partial charge in [-0.1, -0.05) is 30.3 Å². The summed E-state index contributed by atoms with van der Waals surface area (Å²) in [6, 6.07) is 12.0. The maximum absolute atomic E-state index is 13.0. The quantitative estimate of drug-likeness (QED) is 0.326. The number of amides is 1. The highest BCUT2D eigenvalue weighted by molar-refractivity contribution is 6.46. The van der Waals surface area contributed by atoms with Gasteiger partial charge in [0.25, 0.3) is 11.7 Å². The Bertz CT molecular complexity index is 995. The van der Waals surface area contributed by atoms with E-state index in [9.17, 15) is 14.7 Å². The fourth-order valence-electron chi connectivity index (χ4n) is 3.75. The van der Waals surface area contributed by atoms with Gasteiger partial charge in [0.15, 0.2) is 0 Å². The van der Waals surface area contributed by atoms with Crippen molar-refractivity contribution in [3.63, 3.8) is 0 Å². The van der Waals surface area contributed by atoms with Crippen molar-refractivity contribution in [1.82, 2.24) is 4.90 Å². The lowest BCUT2D eigenvalue weighted by molar-refractivity contribution is -0.140. The van der Waals surface area contributed by atoms with Crippen LogP contribution in [0.1, 0.15) is 34.7 Å². The van der Waals surface area contributed by atoms with Crippen molar-refractivity contribution in [2.75, 3.05) is 27.4 Å². The summed E-state index contributed by atoms with van der Waals surface area (Å²) in [7, 11) is 3.13. The van der Waals surface area contributed by atoms with Crippen LogP contribution < -0.4 is 4.74 Å². The maximum atomic E-state index is 13.0. The number of rotatable bonds is 7. The van der Waals surface area contributed by atoms with Gasteiger partial charge in [-0.2, -0.15) is 0 Å². The Kier molecular flexibility index (Phi) is 6.57. The highest BCUT2D eigenvalue weighted by Gasteiger charge is 2.46. The van der Waals surface area contributed by atoms with Crippen LogP contribution in [0.3, 0.4) is 0 Å². The molecule has 1 saturated heterocycles. The summed E-state index contributed by atoms with van der Waals surface area (Å²) < 4.78 is 10.6. The molecule has 30 heavy (non-hydrogen) atoms. The second-order valence-electron chi connectivity index (χ2n) is 7.38. The second kappa shape index (κ2) is 9.13. The van der Waals surface area contributed by atoms with Crippen LogP contribution in [-0.4, -0.2) is 49.1 Å². The van der Waals surface area contributed by atoms with Crippen LogP contribution in [0, 0.1) is 13.8 Å². The molecule has 0 spiro atoms. The lowest BCUT2D eigenvalue weighted by Gasteiger charge is -2.26. The molecule has 0 saturated carbocycles. The Morgan fingerprint density at radius 2 is 1.80 bits per heavy atom. The maximum Gasteiger partial charge on any atom is 0.295 e. The van der Waals surface area contributed by atoms with E-state index in [-0.39, 0.29) is 11.3 Å². The van der Waals surface area contributed by atoms with Crippen molar-refractivity contribution in [2.24, 2.45) is 0 Å². The van der Waals surface area contributed by atoms with Crippen LogP contribution in [0.5, 0.6) is 5.75 Å². The lowest BCUT2D eigenvalue weighted by atomic mass is 9.93. The van der Waals surface area contributed by atoms with Crippen LogP contribution in [0.25, 0.3) is 5.76 Å². The van der Waals surface area contributed by atoms with Gasteiger partial charge in [0.05, 0.1) is 18.7 Å². The first-order chi connectivity index (χ1) is 14.4. The highest BCUT2D eigenvalue weighted by Crippen LogP contribution is 2.42. The largest absolute Gasteiger partial charge is 0.507 e. The molecule has 6 nitrogen and oxygen atoms in total. The fourth-order valence-corrected chi connectivity index (χ4v) is 3.75. The fraction of sp³-hybridized carbons (Fsp3) is 0.333. The van der Waals surface area contributed by atoms with Crippen LogP contribution in [0.15, 0.2) is 48.0 Å². The minimum Gasteiger partial charge on any atom is -0.507 e. The van der Waals surface area contributed by atoms with E-state index >= 15 is 0 Å². The van der Waals surface area contributed by atoms with Gasteiger partial charge in [-0.05, 0) is 43.5 Å². The summed E-state index contributed by atoms with van der Waals surface area (Å²) in [5.74, 6) is -0.958. The standard InChI is InChI=1S/C24H27NO5/c1-15-10-11-17(14-16(15)2)22(26)20-21(18-8-5-6-9-19(18)30-4)25(12-7-13-29-3)24(28)23(20)27/h5-6,8-11,14,21,26H,7,12-13H2,1-4H3/b22-20+. The molecule has 3 rings (SSSR count). The Morgan fingerprint density at radius 1 is 1.07 bits per heavy atom. The van der Waals surface area contributed by atoms with Crippen molar-refractivity contribution in [1.29, 1.82) is 0 Å². The normalized spacial score (nSPS) is 18.1. The summed E-state index contributed by atoms with van der Waals surface area (Å²) >= 11 is 0. The van der Waals surface area contributed by atoms with E-state index in [1.54, 1.807) is 26.4 Å². The van der Waals surface area contributed by atoms with E-state index in [1.807, 2.05) is 44.2 Å². The Labute approximate surface area is 176 Å².